The van der Waals surface area contributed by atoms with Crippen LogP contribution in [-0.4, -0.2) is 13.1 Å². The maximum absolute atomic E-state index is 10.5. The van der Waals surface area contributed by atoms with Crippen LogP contribution in [0.25, 0.3) is 0 Å². The SMILES string of the molecule is CCC/C=C\CC(=O)OC. The molecule has 58 valence electrons. The molecule has 0 saturated carbocycles. The Hall–Kier alpha value is -0.790. The molecule has 2 nitrogen and oxygen atoms in total. The molecule has 0 aromatic heterocycles. The van der Waals surface area contributed by atoms with E-state index < -0.39 is 0 Å². The van der Waals surface area contributed by atoms with Crippen LogP contribution < -0.4 is 0 Å². The van der Waals surface area contributed by atoms with Gasteiger partial charge in [-0.25, -0.2) is 0 Å². The molecule has 0 heterocycles. The van der Waals surface area contributed by atoms with Gasteiger partial charge >= 0.3 is 5.97 Å². The average molecular weight is 142 g/mol. The highest BCUT2D eigenvalue weighted by Gasteiger charge is 1.91. The van der Waals surface area contributed by atoms with E-state index >= 15 is 0 Å². The Labute approximate surface area is 61.9 Å². The molecule has 10 heavy (non-hydrogen) atoms. The third kappa shape index (κ3) is 5.35. The molecule has 0 bridgehead atoms. The number of hydrogen-bond donors (Lipinski definition) is 0. The minimum Gasteiger partial charge on any atom is -0.469 e. The minimum absolute atomic E-state index is 0.174. The summed E-state index contributed by atoms with van der Waals surface area (Å²) in [5.41, 5.74) is 0. The lowest BCUT2D eigenvalue weighted by Gasteiger charge is -1.90. The third-order valence-electron chi connectivity index (χ3n) is 1.13. The van der Waals surface area contributed by atoms with Crippen molar-refractivity contribution in [1.29, 1.82) is 0 Å². The summed E-state index contributed by atoms with van der Waals surface area (Å²) in [6.45, 7) is 2.10. The monoisotopic (exact) mass is 142 g/mol. The molecule has 0 amide bonds. The second-order valence-electron chi connectivity index (χ2n) is 2.04. The van der Waals surface area contributed by atoms with Crippen LogP contribution in [0, 0.1) is 0 Å². The Morgan fingerprint density at radius 2 is 2.20 bits per heavy atom. The smallest absolute Gasteiger partial charge is 0.309 e. The molecule has 0 aliphatic heterocycles. The number of rotatable bonds is 4. The van der Waals surface area contributed by atoms with Crippen molar-refractivity contribution < 1.29 is 9.53 Å². The average Bonchev–Trinajstić information content (AvgIpc) is 1.98. The highest BCUT2D eigenvalue weighted by atomic mass is 16.5. The van der Waals surface area contributed by atoms with Gasteiger partial charge < -0.3 is 4.74 Å². The number of allylic oxidation sites excluding steroid dienone is 1. The maximum atomic E-state index is 10.5. The third-order valence-corrected chi connectivity index (χ3v) is 1.13. The molecule has 0 atom stereocenters. The van der Waals surface area contributed by atoms with Gasteiger partial charge in [0.25, 0.3) is 0 Å². The zero-order valence-corrected chi connectivity index (χ0v) is 6.59. The largest absolute Gasteiger partial charge is 0.469 e. The lowest BCUT2D eigenvalue weighted by molar-refractivity contribution is -0.139. The first-order valence-corrected chi connectivity index (χ1v) is 3.53. The Morgan fingerprint density at radius 3 is 2.70 bits per heavy atom. The zero-order valence-electron chi connectivity index (χ0n) is 6.59. The van der Waals surface area contributed by atoms with Gasteiger partial charge in [0.1, 0.15) is 0 Å². The molecule has 0 N–H and O–H groups in total. The topological polar surface area (TPSA) is 26.3 Å². The normalized spacial score (nSPS) is 10.2. The van der Waals surface area contributed by atoms with Crippen molar-refractivity contribution in [2.45, 2.75) is 26.2 Å². The first-order chi connectivity index (χ1) is 4.81. The Morgan fingerprint density at radius 1 is 1.50 bits per heavy atom. The molecule has 0 aliphatic rings. The van der Waals surface area contributed by atoms with E-state index in [9.17, 15) is 4.79 Å². The van der Waals surface area contributed by atoms with Crippen LogP contribution in [0.1, 0.15) is 26.2 Å². The van der Waals surface area contributed by atoms with E-state index in [1.54, 1.807) is 0 Å². The molecular formula is C8H14O2. The fourth-order valence-corrected chi connectivity index (χ4v) is 0.547. The molecule has 0 aromatic carbocycles. The van der Waals surface area contributed by atoms with E-state index in [-0.39, 0.29) is 5.97 Å². The number of esters is 1. The van der Waals surface area contributed by atoms with Crippen molar-refractivity contribution in [2.24, 2.45) is 0 Å². The number of carbonyl (C=O) groups excluding carboxylic acids is 1. The lowest BCUT2D eigenvalue weighted by Crippen LogP contribution is -1.96. The van der Waals surface area contributed by atoms with Crippen LogP contribution >= 0.6 is 0 Å². The Bertz CT molecular complexity index is 116. The fourth-order valence-electron chi connectivity index (χ4n) is 0.547. The standard InChI is InChI=1S/C8H14O2/c1-3-4-5-6-7-8(9)10-2/h5-6H,3-4,7H2,1-2H3/b6-5-. The van der Waals surface area contributed by atoms with Crippen LogP contribution in [0.2, 0.25) is 0 Å². The molecule has 2 heteroatoms. The van der Waals surface area contributed by atoms with Gasteiger partial charge in [-0.1, -0.05) is 25.5 Å². The van der Waals surface area contributed by atoms with E-state index in [4.69, 9.17) is 0 Å². The second kappa shape index (κ2) is 6.33. The van der Waals surface area contributed by atoms with Gasteiger partial charge in [0.15, 0.2) is 0 Å². The summed E-state index contributed by atoms with van der Waals surface area (Å²) in [5, 5.41) is 0. The second-order valence-corrected chi connectivity index (χ2v) is 2.04. The highest BCUT2D eigenvalue weighted by molar-refractivity contribution is 5.70. The van der Waals surface area contributed by atoms with E-state index in [1.165, 1.54) is 7.11 Å². The van der Waals surface area contributed by atoms with Crippen molar-refractivity contribution >= 4 is 5.97 Å². The first-order valence-electron chi connectivity index (χ1n) is 3.53. The molecule has 0 aliphatic carbocycles. The molecular weight excluding hydrogens is 128 g/mol. The van der Waals surface area contributed by atoms with Gasteiger partial charge in [-0.3, -0.25) is 4.79 Å². The van der Waals surface area contributed by atoms with E-state index in [1.807, 2.05) is 12.2 Å². The van der Waals surface area contributed by atoms with Gasteiger partial charge in [-0.15, -0.1) is 0 Å². The van der Waals surface area contributed by atoms with Gasteiger partial charge in [0.05, 0.1) is 13.5 Å². The van der Waals surface area contributed by atoms with Crippen molar-refractivity contribution in [3.63, 3.8) is 0 Å². The fraction of sp³-hybridized carbons (Fsp3) is 0.625. The van der Waals surface area contributed by atoms with Crippen molar-refractivity contribution in [3.05, 3.63) is 12.2 Å². The van der Waals surface area contributed by atoms with Gasteiger partial charge in [-0.05, 0) is 6.42 Å². The van der Waals surface area contributed by atoms with E-state index in [2.05, 4.69) is 11.7 Å². The molecule has 0 aromatic rings. The van der Waals surface area contributed by atoms with Crippen LogP contribution in [0.4, 0.5) is 0 Å². The first kappa shape index (κ1) is 9.21. The minimum atomic E-state index is -0.174. The Kier molecular flexibility index (Phi) is 5.83. The quantitative estimate of drug-likeness (QED) is 0.442. The summed E-state index contributed by atoms with van der Waals surface area (Å²) in [4.78, 5) is 10.5. The number of hydrogen-bond acceptors (Lipinski definition) is 2. The van der Waals surface area contributed by atoms with Crippen LogP contribution in [0.15, 0.2) is 12.2 Å². The molecule has 0 spiro atoms. The molecule has 0 saturated heterocycles. The summed E-state index contributed by atoms with van der Waals surface area (Å²) in [7, 11) is 1.40. The number of carbonyl (C=O) groups is 1. The number of unbranched alkanes of at least 4 members (excludes halogenated alkanes) is 1. The molecule has 0 fully saturated rings. The van der Waals surface area contributed by atoms with Gasteiger partial charge in [0.2, 0.25) is 0 Å². The summed E-state index contributed by atoms with van der Waals surface area (Å²) in [6.07, 6.45) is 6.40. The Balaban J connectivity index is 3.25. The van der Waals surface area contributed by atoms with Crippen LogP contribution in [-0.2, 0) is 9.53 Å². The highest BCUT2D eigenvalue weighted by Crippen LogP contribution is 1.91. The molecule has 0 unspecified atom stereocenters. The van der Waals surface area contributed by atoms with E-state index in [0.717, 1.165) is 12.8 Å². The predicted octanol–water partition coefficient (Wildman–Crippen LogP) is 1.91. The van der Waals surface area contributed by atoms with Crippen LogP contribution in [0.3, 0.4) is 0 Å². The van der Waals surface area contributed by atoms with Gasteiger partial charge in [-0.2, -0.15) is 0 Å². The predicted molar refractivity (Wildman–Crippen MR) is 40.7 cm³/mol. The van der Waals surface area contributed by atoms with Crippen molar-refractivity contribution in [2.75, 3.05) is 7.11 Å². The summed E-state index contributed by atoms with van der Waals surface area (Å²) in [6, 6.07) is 0. The summed E-state index contributed by atoms with van der Waals surface area (Å²) >= 11 is 0. The van der Waals surface area contributed by atoms with Crippen LogP contribution in [0.5, 0.6) is 0 Å². The summed E-state index contributed by atoms with van der Waals surface area (Å²) < 4.78 is 4.44. The maximum Gasteiger partial charge on any atom is 0.309 e. The van der Waals surface area contributed by atoms with E-state index in [0.29, 0.717) is 6.42 Å². The number of methoxy groups -OCH3 is 1. The van der Waals surface area contributed by atoms with Crippen molar-refractivity contribution in [3.8, 4) is 0 Å². The van der Waals surface area contributed by atoms with Crippen molar-refractivity contribution in [1.82, 2.24) is 0 Å². The molecule has 0 radical (unpaired) electrons. The summed E-state index contributed by atoms with van der Waals surface area (Å²) in [5.74, 6) is -0.174. The molecule has 0 rings (SSSR count). The number of ether oxygens (including phenoxy) is 1. The zero-order chi connectivity index (χ0) is 7.82. The van der Waals surface area contributed by atoms with Gasteiger partial charge in [0, 0.05) is 0 Å². The lowest BCUT2D eigenvalue weighted by atomic mass is 10.3.